The third-order valence-corrected chi connectivity index (χ3v) is 6.92. The number of nitrogens with zero attached hydrogens (tertiary/aromatic N) is 2. The van der Waals surface area contributed by atoms with Crippen molar-refractivity contribution >= 4 is 40.8 Å². The molecule has 8 heteroatoms. The first-order valence-electron chi connectivity index (χ1n) is 11.6. The van der Waals surface area contributed by atoms with Crippen LogP contribution in [-0.4, -0.2) is 49.0 Å². The number of aliphatic imine (C=N–C) groups is 1. The van der Waals surface area contributed by atoms with E-state index in [-0.39, 0.29) is 18.2 Å². The molecule has 1 heterocycles. The van der Waals surface area contributed by atoms with E-state index in [1.807, 2.05) is 30.3 Å². The molecule has 2 aliphatic rings. The van der Waals surface area contributed by atoms with Gasteiger partial charge in [0, 0.05) is 54.3 Å². The molecular weight excluding hydrogens is 457 g/mol. The Balaban J connectivity index is 1.56. The van der Waals surface area contributed by atoms with E-state index in [2.05, 4.69) is 15.5 Å². The Morgan fingerprint density at radius 3 is 2.45 bits per heavy atom. The van der Waals surface area contributed by atoms with Crippen LogP contribution in [0.2, 0.25) is 10.0 Å². The number of nitrogens with one attached hydrogen (secondary N) is 2. The van der Waals surface area contributed by atoms with E-state index in [1.54, 1.807) is 12.1 Å². The average molecular weight is 488 g/mol. The number of carbonyl (C=O) groups is 1. The molecule has 0 bridgehead atoms. The first-order valence-corrected chi connectivity index (χ1v) is 12.4. The molecule has 2 aromatic rings. The van der Waals surface area contributed by atoms with Gasteiger partial charge in [-0.25, -0.2) is 4.99 Å². The molecule has 2 fully saturated rings. The van der Waals surface area contributed by atoms with Gasteiger partial charge in [0.25, 0.3) is 0 Å². The summed E-state index contributed by atoms with van der Waals surface area (Å²) < 4.78 is 0. The SMILES string of the molecule is NC(=O)CC(c1ccc(N/C(=N/C2CCCC2)N2CCNCC2)cc1)c1ccc(Cl)cc1Cl. The van der Waals surface area contributed by atoms with E-state index in [0.29, 0.717) is 16.1 Å². The molecule has 0 aromatic heterocycles. The van der Waals surface area contributed by atoms with E-state index >= 15 is 0 Å². The molecule has 4 rings (SSSR count). The number of amides is 1. The average Bonchev–Trinajstić information content (AvgIpc) is 3.32. The van der Waals surface area contributed by atoms with Crippen LogP contribution in [0.1, 0.15) is 49.1 Å². The number of anilines is 1. The van der Waals surface area contributed by atoms with Gasteiger partial charge in [-0.1, -0.05) is 54.2 Å². The van der Waals surface area contributed by atoms with Crippen molar-refractivity contribution in [2.75, 3.05) is 31.5 Å². The van der Waals surface area contributed by atoms with Crippen molar-refractivity contribution in [1.82, 2.24) is 10.2 Å². The second kappa shape index (κ2) is 11.2. The van der Waals surface area contributed by atoms with Gasteiger partial charge in [0.05, 0.1) is 6.04 Å². The standard InChI is InChI=1S/C25H31Cl2N5O/c26-18-7-10-21(23(27)15-18)22(16-24(28)33)17-5-8-20(9-6-17)31-25(30-19-3-1-2-4-19)32-13-11-29-12-14-32/h5-10,15,19,22,29H,1-4,11-14,16H2,(H2,28,33)(H,30,31). The van der Waals surface area contributed by atoms with Crippen LogP contribution in [0, 0.1) is 0 Å². The van der Waals surface area contributed by atoms with Crippen molar-refractivity contribution in [1.29, 1.82) is 0 Å². The zero-order valence-electron chi connectivity index (χ0n) is 18.7. The Bertz CT molecular complexity index is 983. The maximum absolute atomic E-state index is 11.8. The maximum Gasteiger partial charge on any atom is 0.218 e. The normalized spacial score (nSPS) is 18.4. The monoisotopic (exact) mass is 487 g/mol. The number of rotatable bonds is 6. The van der Waals surface area contributed by atoms with Crippen molar-refractivity contribution in [3.05, 3.63) is 63.6 Å². The van der Waals surface area contributed by atoms with Gasteiger partial charge in [0.1, 0.15) is 0 Å². The van der Waals surface area contributed by atoms with E-state index in [4.69, 9.17) is 33.9 Å². The van der Waals surface area contributed by atoms with Crippen LogP contribution < -0.4 is 16.4 Å². The van der Waals surface area contributed by atoms with Gasteiger partial charge >= 0.3 is 0 Å². The Morgan fingerprint density at radius 1 is 1.12 bits per heavy atom. The number of piperazine rings is 1. The van der Waals surface area contributed by atoms with Crippen LogP contribution in [0.5, 0.6) is 0 Å². The quantitative estimate of drug-likeness (QED) is 0.410. The van der Waals surface area contributed by atoms with Gasteiger partial charge in [-0.2, -0.15) is 0 Å². The molecule has 1 saturated carbocycles. The molecule has 1 amide bonds. The third kappa shape index (κ3) is 6.40. The Kier molecular flexibility index (Phi) is 8.12. The second-order valence-electron chi connectivity index (χ2n) is 8.76. The van der Waals surface area contributed by atoms with Crippen molar-refractivity contribution in [3.63, 3.8) is 0 Å². The molecule has 0 radical (unpaired) electrons. The molecule has 2 aromatic carbocycles. The number of nitrogens with two attached hydrogens (primary N) is 1. The highest BCUT2D eigenvalue weighted by molar-refractivity contribution is 6.35. The first kappa shape index (κ1) is 23.9. The molecule has 1 aliphatic heterocycles. The molecule has 0 spiro atoms. The van der Waals surface area contributed by atoms with Crippen molar-refractivity contribution in [2.45, 2.75) is 44.1 Å². The summed E-state index contributed by atoms with van der Waals surface area (Å²) in [4.78, 5) is 19.2. The maximum atomic E-state index is 11.8. The van der Waals surface area contributed by atoms with Crippen LogP contribution in [0.4, 0.5) is 5.69 Å². The lowest BCUT2D eigenvalue weighted by molar-refractivity contribution is -0.118. The number of hydrogen-bond donors (Lipinski definition) is 3. The lowest BCUT2D eigenvalue weighted by Gasteiger charge is -2.31. The van der Waals surface area contributed by atoms with E-state index in [9.17, 15) is 4.79 Å². The molecule has 1 atom stereocenters. The summed E-state index contributed by atoms with van der Waals surface area (Å²) in [6.07, 6.45) is 5.00. The number of halogens is 2. The molecule has 6 nitrogen and oxygen atoms in total. The second-order valence-corrected chi connectivity index (χ2v) is 9.61. The number of benzene rings is 2. The highest BCUT2D eigenvalue weighted by atomic mass is 35.5. The molecule has 176 valence electrons. The van der Waals surface area contributed by atoms with Gasteiger partial charge in [-0.15, -0.1) is 0 Å². The molecule has 1 aliphatic carbocycles. The lowest BCUT2D eigenvalue weighted by atomic mass is 9.88. The molecule has 1 saturated heterocycles. The zero-order valence-corrected chi connectivity index (χ0v) is 20.2. The van der Waals surface area contributed by atoms with Crippen molar-refractivity contribution < 1.29 is 4.79 Å². The topological polar surface area (TPSA) is 82.8 Å². The fraction of sp³-hybridized carbons (Fsp3) is 0.440. The van der Waals surface area contributed by atoms with Gasteiger partial charge < -0.3 is 21.3 Å². The van der Waals surface area contributed by atoms with Gasteiger partial charge in [0.2, 0.25) is 5.91 Å². The summed E-state index contributed by atoms with van der Waals surface area (Å²) in [6, 6.07) is 13.8. The van der Waals surface area contributed by atoms with Crippen LogP contribution in [0.3, 0.4) is 0 Å². The van der Waals surface area contributed by atoms with Crippen molar-refractivity contribution in [3.8, 4) is 0 Å². The summed E-state index contributed by atoms with van der Waals surface area (Å²) in [5.74, 6) is 0.338. The van der Waals surface area contributed by atoms with Crippen LogP contribution in [-0.2, 0) is 4.79 Å². The molecular formula is C25H31Cl2N5O. The van der Waals surface area contributed by atoms with Gasteiger partial charge in [0.15, 0.2) is 5.96 Å². The zero-order chi connectivity index (χ0) is 23.2. The summed E-state index contributed by atoms with van der Waals surface area (Å²) in [5.41, 5.74) is 8.33. The van der Waals surface area contributed by atoms with Gasteiger partial charge in [-0.3, -0.25) is 4.79 Å². The number of carbonyl (C=O) groups excluding carboxylic acids is 1. The first-order chi connectivity index (χ1) is 16.0. The van der Waals surface area contributed by atoms with Gasteiger partial charge in [-0.05, 0) is 48.2 Å². The molecule has 4 N–H and O–H groups in total. The smallest absolute Gasteiger partial charge is 0.218 e. The van der Waals surface area contributed by atoms with Crippen molar-refractivity contribution in [2.24, 2.45) is 10.7 Å². The Labute approximate surface area is 205 Å². The highest BCUT2D eigenvalue weighted by Gasteiger charge is 2.22. The summed E-state index contributed by atoms with van der Waals surface area (Å²) in [6.45, 7) is 3.79. The van der Waals surface area contributed by atoms with Crippen LogP contribution >= 0.6 is 23.2 Å². The minimum absolute atomic E-state index is 0.170. The summed E-state index contributed by atoms with van der Waals surface area (Å²) >= 11 is 12.5. The fourth-order valence-electron chi connectivity index (χ4n) is 4.60. The van der Waals surface area contributed by atoms with E-state index in [1.165, 1.54) is 12.8 Å². The van der Waals surface area contributed by atoms with Crippen LogP contribution in [0.15, 0.2) is 47.5 Å². The number of guanidine groups is 1. The number of primary amides is 1. The summed E-state index contributed by atoms with van der Waals surface area (Å²) in [5, 5.41) is 8.05. The Morgan fingerprint density at radius 2 is 1.82 bits per heavy atom. The predicted octanol–water partition coefficient (Wildman–Crippen LogP) is 4.62. The van der Waals surface area contributed by atoms with E-state index < -0.39 is 0 Å². The predicted molar refractivity (Wildman–Crippen MR) is 136 cm³/mol. The minimum Gasteiger partial charge on any atom is -0.370 e. The lowest BCUT2D eigenvalue weighted by Crippen LogP contribution is -2.49. The fourth-order valence-corrected chi connectivity index (χ4v) is 5.14. The largest absolute Gasteiger partial charge is 0.370 e. The molecule has 33 heavy (non-hydrogen) atoms. The third-order valence-electron chi connectivity index (χ3n) is 6.36. The minimum atomic E-state index is -0.377. The highest BCUT2D eigenvalue weighted by Crippen LogP contribution is 2.35. The number of hydrogen-bond acceptors (Lipinski definition) is 3. The molecule has 1 unspecified atom stereocenters. The Hall–Kier alpha value is -2.28. The van der Waals surface area contributed by atoms with E-state index in [0.717, 1.165) is 61.8 Å². The summed E-state index contributed by atoms with van der Waals surface area (Å²) in [7, 11) is 0. The van der Waals surface area contributed by atoms with Crippen LogP contribution in [0.25, 0.3) is 0 Å².